The minimum atomic E-state index is -0.443. The monoisotopic (exact) mass is 758 g/mol. The zero-order valence-electron chi connectivity index (χ0n) is 33.4. The van der Waals surface area contributed by atoms with Gasteiger partial charge in [-0.15, -0.1) is 0 Å². The molecule has 0 spiro atoms. The molecule has 1 amide bonds. The molecule has 0 saturated carbocycles. The van der Waals surface area contributed by atoms with E-state index in [1.165, 1.54) is 99.3 Å². The highest BCUT2D eigenvalue weighted by Crippen LogP contribution is 2.44. The molecular weight excluding hydrogens is 686 g/mol. The quantitative estimate of drug-likeness (QED) is 0.0678. The van der Waals surface area contributed by atoms with Gasteiger partial charge in [0.1, 0.15) is 6.61 Å². The van der Waals surface area contributed by atoms with Crippen LogP contribution < -0.4 is 5.32 Å². The van der Waals surface area contributed by atoms with Gasteiger partial charge in [0.25, 0.3) is 0 Å². The SMILES string of the molecule is CCCCCCCCCCCCCCCOCCOCCOCCOCCOCCOCCOCCNC(=O)OCC1c2ccccc2-c2ccccc21. The predicted molar refractivity (Wildman–Crippen MR) is 214 cm³/mol. The molecule has 0 heterocycles. The van der Waals surface area contributed by atoms with E-state index in [0.29, 0.717) is 99.0 Å². The first-order chi connectivity index (χ1) is 26.8. The number of hydrogen-bond donors (Lipinski definition) is 1. The van der Waals surface area contributed by atoms with E-state index < -0.39 is 6.09 Å². The van der Waals surface area contributed by atoms with Crippen molar-refractivity contribution in [3.63, 3.8) is 0 Å². The Morgan fingerprint density at radius 2 is 0.815 bits per heavy atom. The first-order valence-electron chi connectivity index (χ1n) is 20.9. The molecule has 0 bridgehead atoms. The number of benzene rings is 2. The molecule has 10 nitrogen and oxygen atoms in total. The molecule has 0 saturated heterocycles. The summed E-state index contributed by atoms with van der Waals surface area (Å²) in [5.74, 6) is 0.0447. The molecule has 2 aromatic carbocycles. The maximum absolute atomic E-state index is 12.3. The van der Waals surface area contributed by atoms with Gasteiger partial charge in [0.05, 0.1) is 85.9 Å². The summed E-state index contributed by atoms with van der Waals surface area (Å²) in [4.78, 5) is 12.3. The van der Waals surface area contributed by atoms with Crippen LogP contribution in [0.4, 0.5) is 4.79 Å². The Morgan fingerprint density at radius 1 is 0.463 bits per heavy atom. The van der Waals surface area contributed by atoms with Gasteiger partial charge in [0.15, 0.2) is 0 Å². The first-order valence-corrected chi connectivity index (χ1v) is 20.9. The molecule has 306 valence electrons. The summed E-state index contributed by atoms with van der Waals surface area (Å²) in [7, 11) is 0. The van der Waals surface area contributed by atoms with Crippen molar-refractivity contribution in [2.24, 2.45) is 0 Å². The van der Waals surface area contributed by atoms with Gasteiger partial charge in [0, 0.05) is 19.1 Å². The molecule has 0 aromatic heterocycles. The minimum Gasteiger partial charge on any atom is -0.449 e. The normalized spacial score (nSPS) is 12.2. The third kappa shape index (κ3) is 21.5. The summed E-state index contributed by atoms with van der Waals surface area (Å²) in [6, 6.07) is 16.6. The maximum atomic E-state index is 12.3. The lowest BCUT2D eigenvalue weighted by Gasteiger charge is -2.14. The zero-order chi connectivity index (χ0) is 38.0. The van der Waals surface area contributed by atoms with Crippen LogP contribution in [0.15, 0.2) is 48.5 Å². The van der Waals surface area contributed by atoms with Gasteiger partial charge in [0.2, 0.25) is 0 Å². The maximum Gasteiger partial charge on any atom is 0.407 e. The number of alkyl carbamates (subject to hydrolysis) is 1. The van der Waals surface area contributed by atoms with Gasteiger partial charge in [-0.25, -0.2) is 4.79 Å². The summed E-state index contributed by atoms with van der Waals surface area (Å²) in [5.41, 5.74) is 4.80. The van der Waals surface area contributed by atoms with Crippen LogP contribution in [0.5, 0.6) is 0 Å². The molecule has 0 radical (unpaired) electrons. The van der Waals surface area contributed by atoms with Crippen molar-refractivity contribution >= 4 is 6.09 Å². The van der Waals surface area contributed by atoms with E-state index in [-0.39, 0.29) is 5.92 Å². The number of unbranched alkanes of at least 4 members (excludes halogenated alkanes) is 12. The standard InChI is InChI=1S/C44H71NO9/c1-2-3-4-5-6-7-8-9-10-11-12-13-18-24-47-26-28-49-30-32-51-34-36-53-37-35-52-33-31-50-29-27-48-25-23-45-44(46)54-38-43-41-21-16-14-19-39(41)40-20-15-17-22-42(40)43/h14-17,19-22,43H,2-13,18,23-38H2,1H3,(H,45,46). The molecule has 10 heteroatoms. The van der Waals surface area contributed by atoms with Crippen LogP contribution in [0.25, 0.3) is 11.1 Å². The highest BCUT2D eigenvalue weighted by Gasteiger charge is 2.28. The van der Waals surface area contributed by atoms with Crippen molar-refractivity contribution in [1.82, 2.24) is 5.32 Å². The number of ether oxygens (including phenoxy) is 8. The number of carbonyl (C=O) groups is 1. The number of carbonyl (C=O) groups excluding carboxylic acids is 1. The molecule has 1 aliphatic carbocycles. The summed E-state index contributed by atoms with van der Waals surface area (Å²) in [6.07, 6.45) is 17.3. The Hall–Kier alpha value is -2.57. The summed E-state index contributed by atoms with van der Waals surface area (Å²) < 4.78 is 44.5. The number of hydrogen-bond acceptors (Lipinski definition) is 9. The molecule has 0 atom stereocenters. The number of fused-ring (bicyclic) bond motifs is 3. The predicted octanol–water partition coefficient (Wildman–Crippen LogP) is 8.73. The van der Waals surface area contributed by atoms with Gasteiger partial charge in [-0.05, 0) is 28.7 Å². The Bertz CT molecular complexity index is 1140. The molecular formula is C44H71NO9. The van der Waals surface area contributed by atoms with E-state index in [0.717, 1.165) is 13.0 Å². The topological polar surface area (TPSA) is 103 Å². The lowest BCUT2D eigenvalue weighted by molar-refractivity contribution is -0.0204. The Morgan fingerprint density at radius 3 is 1.24 bits per heavy atom. The number of nitrogens with one attached hydrogen (secondary N) is 1. The fourth-order valence-corrected chi connectivity index (χ4v) is 6.52. The summed E-state index contributed by atoms with van der Waals surface area (Å²) in [5, 5.41) is 2.75. The van der Waals surface area contributed by atoms with Crippen LogP contribution in [-0.2, 0) is 37.9 Å². The van der Waals surface area contributed by atoms with Crippen molar-refractivity contribution in [3.05, 3.63) is 59.7 Å². The highest BCUT2D eigenvalue weighted by atomic mass is 16.6. The van der Waals surface area contributed by atoms with Crippen LogP contribution >= 0.6 is 0 Å². The van der Waals surface area contributed by atoms with Crippen molar-refractivity contribution in [1.29, 1.82) is 0 Å². The van der Waals surface area contributed by atoms with Gasteiger partial charge >= 0.3 is 6.09 Å². The van der Waals surface area contributed by atoms with Crippen LogP contribution in [0.2, 0.25) is 0 Å². The minimum absolute atomic E-state index is 0.0447. The van der Waals surface area contributed by atoms with Crippen molar-refractivity contribution in [3.8, 4) is 11.1 Å². The molecule has 0 fully saturated rings. The third-order valence-electron chi connectivity index (χ3n) is 9.48. The van der Waals surface area contributed by atoms with E-state index >= 15 is 0 Å². The average Bonchev–Trinajstić information content (AvgIpc) is 3.52. The van der Waals surface area contributed by atoms with Gasteiger partial charge < -0.3 is 43.2 Å². The van der Waals surface area contributed by atoms with Gasteiger partial charge in [-0.3, -0.25) is 0 Å². The zero-order valence-corrected chi connectivity index (χ0v) is 33.4. The fraction of sp³-hybridized carbons (Fsp3) is 0.705. The van der Waals surface area contributed by atoms with Gasteiger partial charge in [-0.1, -0.05) is 133 Å². The van der Waals surface area contributed by atoms with Crippen molar-refractivity contribution in [2.75, 3.05) is 106 Å². The molecule has 2 aromatic rings. The Balaban J connectivity index is 0.947. The van der Waals surface area contributed by atoms with E-state index in [2.05, 4.69) is 36.5 Å². The number of amides is 1. The van der Waals surface area contributed by atoms with Gasteiger partial charge in [-0.2, -0.15) is 0 Å². The van der Waals surface area contributed by atoms with E-state index in [1.807, 2.05) is 24.3 Å². The van der Waals surface area contributed by atoms with E-state index in [1.54, 1.807) is 0 Å². The lowest BCUT2D eigenvalue weighted by atomic mass is 9.98. The molecule has 0 unspecified atom stereocenters. The highest BCUT2D eigenvalue weighted by molar-refractivity contribution is 5.79. The first kappa shape index (κ1) is 45.8. The van der Waals surface area contributed by atoms with Crippen LogP contribution in [-0.4, -0.2) is 112 Å². The molecule has 0 aliphatic heterocycles. The van der Waals surface area contributed by atoms with Crippen LogP contribution in [0, 0.1) is 0 Å². The largest absolute Gasteiger partial charge is 0.449 e. The molecule has 54 heavy (non-hydrogen) atoms. The third-order valence-corrected chi connectivity index (χ3v) is 9.48. The average molecular weight is 758 g/mol. The summed E-state index contributed by atoms with van der Waals surface area (Å²) in [6.45, 7) is 10.5. The second-order valence-corrected chi connectivity index (χ2v) is 13.8. The fourth-order valence-electron chi connectivity index (χ4n) is 6.52. The summed E-state index contributed by atoms with van der Waals surface area (Å²) >= 11 is 0. The second-order valence-electron chi connectivity index (χ2n) is 13.8. The second kappa shape index (κ2) is 32.7. The van der Waals surface area contributed by atoms with Crippen LogP contribution in [0.3, 0.4) is 0 Å². The molecule has 1 aliphatic rings. The van der Waals surface area contributed by atoms with E-state index in [9.17, 15) is 4.79 Å². The molecule has 3 rings (SSSR count). The Labute approximate surface area is 326 Å². The molecule has 1 N–H and O–H groups in total. The van der Waals surface area contributed by atoms with E-state index in [4.69, 9.17) is 37.9 Å². The smallest absolute Gasteiger partial charge is 0.407 e. The lowest BCUT2D eigenvalue weighted by Crippen LogP contribution is -2.29. The van der Waals surface area contributed by atoms with Crippen molar-refractivity contribution < 1.29 is 42.7 Å². The van der Waals surface area contributed by atoms with Crippen molar-refractivity contribution in [2.45, 2.75) is 96.3 Å². The number of rotatable bonds is 37. The Kier molecular flexibility index (Phi) is 27.7. The van der Waals surface area contributed by atoms with Crippen LogP contribution in [0.1, 0.15) is 107 Å².